The van der Waals surface area contributed by atoms with Gasteiger partial charge in [0, 0.05) is 24.2 Å². The van der Waals surface area contributed by atoms with Crippen LogP contribution in [0.25, 0.3) is 10.9 Å². The van der Waals surface area contributed by atoms with Crippen LogP contribution >= 0.6 is 0 Å². The first-order valence-electron chi connectivity index (χ1n) is 6.38. The largest absolute Gasteiger partial charge is 0.343 e. The number of hydrogen-bond acceptors (Lipinski definition) is 1. The molecule has 94 valence electrons. The standard InChI is InChI=1S/C17H15NO/c1-13-7-8-15-16(11-13)18(10-9-17(15)19)12-14-5-3-2-4-6-14/h2-11H,12H2,1H3. The van der Waals surface area contributed by atoms with E-state index in [1.165, 1.54) is 11.1 Å². The number of fused-ring (bicyclic) bond motifs is 1. The summed E-state index contributed by atoms with van der Waals surface area (Å²) in [6, 6.07) is 17.9. The molecule has 0 saturated carbocycles. The van der Waals surface area contributed by atoms with Crippen LogP contribution < -0.4 is 5.43 Å². The molecule has 0 aliphatic heterocycles. The second-order valence-electron chi connectivity index (χ2n) is 4.81. The first-order valence-corrected chi connectivity index (χ1v) is 6.38. The van der Waals surface area contributed by atoms with Crippen molar-refractivity contribution >= 4 is 10.9 Å². The number of aryl methyl sites for hydroxylation is 1. The molecule has 1 heterocycles. The summed E-state index contributed by atoms with van der Waals surface area (Å²) < 4.78 is 2.12. The van der Waals surface area contributed by atoms with E-state index in [-0.39, 0.29) is 5.43 Å². The van der Waals surface area contributed by atoms with Crippen molar-refractivity contribution in [1.82, 2.24) is 4.57 Å². The molecule has 2 heteroatoms. The summed E-state index contributed by atoms with van der Waals surface area (Å²) in [4.78, 5) is 11.9. The van der Waals surface area contributed by atoms with Gasteiger partial charge >= 0.3 is 0 Å². The van der Waals surface area contributed by atoms with Crippen molar-refractivity contribution in [3.63, 3.8) is 0 Å². The zero-order chi connectivity index (χ0) is 13.2. The van der Waals surface area contributed by atoms with E-state index >= 15 is 0 Å². The average molecular weight is 249 g/mol. The van der Waals surface area contributed by atoms with Gasteiger partial charge in [-0.3, -0.25) is 4.79 Å². The summed E-state index contributed by atoms with van der Waals surface area (Å²) in [6.07, 6.45) is 1.87. The molecular formula is C17H15NO. The molecule has 0 atom stereocenters. The molecule has 2 aromatic carbocycles. The minimum atomic E-state index is 0.0827. The number of aromatic nitrogens is 1. The summed E-state index contributed by atoms with van der Waals surface area (Å²) in [5, 5.41) is 0.782. The molecule has 0 saturated heterocycles. The molecule has 0 bridgehead atoms. The molecule has 0 aliphatic rings. The van der Waals surface area contributed by atoms with E-state index in [0.29, 0.717) is 0 Å². The van der Waals surface area contributed by atoms with E-state index in [1.807, 2.05) is 43.5 Å². The van der Waals surface area contributed by atoms with Gasteiger partial charge in [0.15, 0.2) is 5.43 Å². The highest BCUT2D eigenvalue weighted by Crippen LogP contribution is 2.14. The molecule has 1 aromatic heterocycles. The van der Waals surface area contributed by atoms with Crippen molar-refractivity contribution in [3.05, 3.63) is 82.1 Å². The third kappa shape index (κ3) is 2.29. The predicted octanol–water partition coefficient (Wildman–Crippen LogP) is 3.36. The van der Waals surface area contributed by atoms with Crippen LogP contribution in [0, 0.1) is 6.92 Å². The predicted molar refractivity (Wildman–Crippen MR) is 78.5 cm³/mol. The Labute approximate surface area is 111 Å². The molecule has 0 fully saturated rings. The van der Waals surface area contributed by atoms with E-state index in [1.54, 1.807) is 6.07 Å². The normalized spacial score (nSPS) is 10.8. The fraction of sp³-hybridized carbons (Fsp3) is 0.118. The highest BCUT2D eigenvalue weighted by atomic mass is 16.1. The van der Waals surface area contributed by atoms with Crippen LogP contribution in [0.1, 0.15) is 11.1 Å². The first kappa shape index (κ1) is 11.7. The Morgan fingerprint density at radius 2 is 1.79 bits per heavy atom. The fourth-order valence-corrected chi connectivity index (χ4v) is 2.33. The maximum Gasteiger partial charge on any atom is 0.189 e. The molecule has 19 heavy (non-hydrogen) atoms. The van der Waals surface area contributed by atoms with Crippen LogP contribution in [-0.4, -0.2) is 4.57 Å². The van der Waals surface area contributed by atoms with Crippen molar-refractivity contribution in [3.8, 4) is 0 Å². The second kappa shape index (κ2) is 4.73. The lowest BCUT2D eigenvalue weighted by molar-refractivity contribution is 0.825. The van der Waals surface area contributed by atoms with E-state index < -0.39 is 0 Å². The topological polar surface area (TPSA) is 22.0 Å². The van der Waals surface area contributed by atoms with E-state index in [4.69, 9.17) is 0 Å². The van der Waals surface area contributed by atoms with Crippen molar-refractivity contribution in [2.75, 3.05) is 0 Å². The Morgan fingerprint density at radius 1 is 1.00 bits per heavy atom. The van der Waals surface area contributed by atoms with Gasteiger partial charge in [-0.05, 0) is 30.2 Å². The van der Waals surface area contributed by atoms with Crippen molar-refractivity contribution in [1.29, 1.82) is 0 Å². The molecule has 0 N–H and O–H groups in total. The summed E-state index contributed by atoms with van der Waals surface area (Å²) in [5.74, 6) is 0. The minimum Gasteiger partial charge on any atom is -0.343 e. The molecule has 0 radical (unpaired) electrons. The van der Waals surface area contributed by atoms with Crippen LogP contribution in [0.5, 0.6) is 0 Å². The number of rotatable bonds is 2. The molecule has 2 nitrogen and oxygen atoms in total. The number of hydrogen-bond donors (Lipinski definition) is 0. The molecule has 0 unspecified atom stereocenters. The van der Waals surface area contributed by atoms with Gasteiger partial charge in [0.05, 0.1) is 5.52 Å². The maximum absolute atomic E-state index is 11.9. The minimum absolute atomic E-state index is 0.0827. The quantitative estimate of drug-likeness (QED) is 0.682. The van der Waals surface area contributed by atoms with Gasteiger partial charge in [-0.1, -0.05) is 36.4 Å². The number of benzene rings is 2. The molecule has 3 aromatic rings. The lowest BCUT2D eigenvalue weighted by atomic mass is 10.1. The Balaban J connectivity index is 2.16. The van der Waals surface area contributed by atoms with Crippen molar-refractivity contribution < 1.29 is 0 Å². The summed E-state index contributed by atoms with van der Waals surface area (Å²) in [7, 11) is 0. The first-order chi connectivity index (χ1) is 9.24. The Kier molecular flexibility index (Phi) is 2.92. The smallest absolute Gasteiger partial charge is 0.189 e. The van der Waals surface area contributed by atoms with Crippen LogP contribution in [0.4, 0.5) is 0 Å². The highest BCUT2D eigenvalue weighted by Gasteiger charge is 2.03. The average Bonchev–Trinajstić information content (AvgIpc) is 2.43. The van der Waals surface area contributed by atoms with E-state index in [0.717, 1.165) is 17.4 Å². The maximum atomic E-state index is 11.9. The molecule has 0 amide bonds. The fourth-order valence-electron chi connectivity index (χ4n) is 2.33. The van der Waals surface area contributed by atoms with Gasteiger partial charge in [0.2, 0.25) is 0 Å². The zero-order valence-corrected chi connectivity index (χ0v) is 10.8. The van der Waals surface area contributed by atoms with Crippen LogP contribution in [0.3, 0.4) is 0 Å². The SMILES string of the molecule is Cc1ccc2c(=O)ccn(Cc3ccccc3)c2c1. The van der Waals surface area contributed by atoms with Crippen LogP contribution in [-0.2, 0) is 6.54 Å². The molecule has 0 aliphatic carbocycles. The number of nitrogens with zero attached hydrogens (tertiary/aromatic N) is 1. The second-order valence-corrected chi connectivity index (χ2v) is 4.81. The van der Waals surface area contributed by atoms with Gasteiger partial charge < -0.3 is 4.57 Å². The lowest BCUT2D eigenvalue weighted by Crippen LogP contribution is -2.08. The van der Waals surface area contributed by atoms with Gasteiger partial charge in [0.1, 0.15) is 0 Å². The summed E-state index contributed by atoms with van der Waals surface area (Å²) in [6.45, 7) is 2.82. The lowest BCUT2D eigenvalue weighted by Gasteiger charge is -2.11. The molecule has 3 rings (SSSR count). The zero-order valence-electron chi connectivity index (χ0n) is 10.8. The van der Waals surface area contributed by atoms with E-state index in [2.05, 4.69) is 22.8 Å². The van der Waals surface area contributed by atoms with Gasteiger partial charge in [-0.15, -0.1) is 0 Å². The van der Waals surface area contributed by atoms with Gasteiger partial charge in [-0.2, -0.15) is 0 Å². The molecule has 0 spiro atoms. The Bertz CT molecular complexity index is 772. The van der Waals surface area contributed by atoms with Crippen LogP contribution in [0.2, 0.25) is 0 Å². The Hall–Kier alpha value is -2.35. The number of pyridine rings is 1. The van der Waals surface area contributed by atoms with E-state index in [9.17, 15) is 4.79 Å². The van der Waals surface area contributed by atoms with Gasteiger partial charge in [0.25, 0.3) is 0 Å². The highest BCUT2D eigenvalue weighted by molar-refractivity contribution is 5.79. The summed E-state index contributed by atoms with van der Waals surface area (Å²) in [5.41, 5.74) is 3.48. The van der Waals surface area contributed by atoms with Crippen LogP contribution in [0.15, 0.2) is 65.6 Å². The molecular weight excluding hydrogens is 234 g/mol. The third-order valence-electron chi connectivity index (χ3n) is 3.33. The van der Waals surface area contributed by atoms with Crippen molar-refractivity contribution in [2.45, 2.75) is 13.5 Å². The third-order valence-corrected chi connectivity index (χ3v) is 3.33. The Morgan fingerprint density at radius 3 is 2.58 bits per heavy atom. The van der Waals surface area contributed by atoms with Crippen molar-refractivity contribution in [2.24, 2.45) is 0 Å². The monoisotopic (exact) mass is 249 g/mol. The summed E-state index contributed by atoms with van der Waals surface area (Å²) >= 11 is 0. The van der Waals surface area contributed by atoms with Gasteiger partial charge in [-0.25, -0.2) is 0 Å².